The van der Waals surface area contributed by atoms with Crippen molar-refractivity contribution in [2.45, 2.75) is 25.9 Å². The molecule has 0 spiro atoms. The minimum absolute atomic E-state index is 0.0251. The first-order valence-electron chi connectivity index (χ1n) is 5.96. The highest BCUT2D eigenvalue weighted by Crippen LogP contribution is 2.25. The van der Waals surface area contributed by atoms with Gasteiger partial charge in [-0.15, -0.1) is 0 Å². The molecule has 0 heterocycles. The molecule has 0 bridgehead atoms. The lowest BCUT2D eigenvalue weighted by atomic mass is 10.1. The molecule has 0 aromatic heterocycles. The molecule has 0 radical (unpaired) electrons. The molecule has 2 aromatic rings. The highest BCUT2D eigenvalue weighted by atomic mass is 79.9. The minimum Gasteiger partial charge on any atom is -0.489 e. The van der Waals surface area contributed by atoms with E-state index in [1.807, 2.05) is 31.2 Å². The average molecular weight is 304 g/mol. The van der Waals surface area contributed by atoms with Crippen molar-refractivity contribution in [2.75, 3.05) is 0 Å². The molecule has 3 heteroatoms. The lowest BCUT2D eigenvalue weighted by Gasteiger charge is -2.14. The second-order valence-corrected chi connectivity index (χ2v) is 5.08. The van der Waals surface area contributed by atoms with Gasteiger partial charge in [-0.3, -0.25) is 0 Å². The summed E-state index contributed by atoms with van der Waals surface area (Å²) in [5.41, 5.74) is 0. The maximum Gasteiger partial charge on any atom is 0.120 e. The summed E-state index contributed by atoms with van der Waals surface area (Å²) in [6.07, 6.45) is 1.24. The normalized spacial score (nSPS) is 12.1. The van der Waals surface area contributed by atoms with E-state index in [4.69, 9.17) is 10.00 Å². The summed E-state index contributed by atoms with van der Waals surface area (Å²) in [6, 6.07) is 14.3. The van der Waals surface area contributed by atoms with Crippen LogP contribution < -0.4 is 4.74 Å². The smallest absolute Gasteiger partial charge is 0.120 e. The van der Waals surface area contributed by atoms with Crippen molar-refractivity contribution in [1.29, 1.82) is 5.26 Å². The molecule has 18 heavy (non-hydrogen) atoms. The summed E-state index contributed by atoms with van der Waals surface area (Å²) in [6.45, 7) is 2.03. The molecule has 0 fully saturated rings. The van der Waals surface area contributed by atoms with Gasteiger partial charge < -0.3 is 4.74 Å². The van der Waals surface area contributed by atoms with Crippen LogP contribution in [0.4, 0.5) is 0 Å². The Morgan fingerprint density at radius 2 is 1.94 bits per heavy atom. The van der Waals surface area contributed by atoms with Crippen LogP contribution in [0, 0.1) is 11.3 Å². The van der Waals surface area contributed by atoms with Crippen LogP contribution in [0.5, 0.6) is 5.75 Å². The first-order chi connectivity index (χ1) is 8.72. The molecule has 1 unspecified atom stereocenters. The molecule has 0 aliphatic rings. The highest BCUT2D eigenvalue weighted by molar-refractivity contribution is 9.10. The Morgan fingerprint density at radius 3 is 2.67 bits per heavy atom. The van der Waals surface area contributed by atoms with Crippen LogP contribution in [-0.4, -0.2) is 6.10 Å². The Bertz CT molecular complexity index is 589. The van der Waals surface area contributed by atoms with Gasteiger partial charge >= 0.3 is 0 Å². The number of hydrogen-bond acceptors (Lipinski definition) is 2. The lowest BCUT2D eigenvalue weighted by molar-refractivity contribution is 0.202. The van der Waals surface area contributed by atoms with Crippen LogP contribution >= 0.6 is 15.9 Å². The van der Waals surface area contributed by atoms with Crippen molar-refractivity contribution >= 4 is 26.7 Å². The lowest BCUT2D eigenvalue weighted by Crippen LogP contribution is -2.14. The van der Waals surface area contributed by atoms with Crippen molar-refractivity contribution < 1.29 is 4.74 Å². The van der Waals surface area contributed by atoms with Gasteiger partial charge in [0, 0.05) is 4.47 Å². The van der Waals surface area contributed by atoms with E-state index in [9.17, 15) is 0 Å². The quantitative estimate of drug-likeness (QED) is 0.822. The van der Waals surface area contributed by atoms with Gasteiger partial charge in [0.1, 0.15) is 11.9 Å². The fourth-order valence-electron chi connectivity index (χ4n) is 1.83. The van der Waals surface area contributed by atoms with Crippen molar-refractivity contribution in [3.05, 3.63) is 40.9 Å². The van der Waals surface area contributed by atoms with Crippen LogP contribution in [0.2, 0.25) is 0 Å². The van der Waals surface area contributed by atoms with E-state index in [-0.39, 0.29) is 6.10 Å². The zero-order valence-electron chi connectivity index (χ0n) is 10.2. The van der Waals surface area contributed by atoms with Crippen LogP contribution in [0.25, 0.3) is 10.8 Å². The average Bonchev–Trinajstić information content (AvgIpc) is 2.38. The maximum atomic E-state index is 8.71. The number of nitrogens with zero attached hydrogens (tertiary/aromatic N) is 1. The Labute approximate surface area is 115 Å². The molecule has 0 N–H and O–H groups in total. The number of halogens is 1. The van der Waals surface area contributed by atoms with Gasteiger partial charge in [0.05, 0.1) is 12.5 Å². The van der Waals surface area contributed by atoms with Crippen LogP contribution in [0.15, 0.2) is 40.9 Å². The molecule has 2 nitrogen and oxygen atoms in total. The molecule has 0 saturated heterocycles. The van der Waals surface area contributed by atoms with Crippen LogP contribution in [-0.2, 0) is 0 Å². The predicted octanol–water partition coefficient (Wildman–Crippen LogP) is 4.67. The fraction of sp³-hybridized carbons (Fsp3) is 0.267. The van der Waals surface area contributed by atoms with E-state index < -0.39 is 0 Å². The third kappa shape index (κ3) is 3.02. The molecule has 0 aliphatic carbocycles. The maximum absolute atomic E-state index is 8.71. The van der Waals surface area contributed by atoms with Gasteiger partial charge in [-0.2, -0.15) is 5.26 Å². The summed E-state index contributed by atoms with van der Waals surface area (Å²) in [5.74, 6) is 0.826. The number of nitriles is 1. The van der Waals surface area contributed by atoms with E-state index in [1.54, 1.807) is 0 Å². The van der Waals surface area contributed by atoms with Gasteiger partial charge in [-0.1, -0.05) is 35.0 Å². The Morgan fingerprint density at radius 1 is 1.22 bits per heavy atom. The second kappa shape index (κ2) is 5.88. The molecule has 92 valence electrons. The molecule has 0 saturated carbocycles. The van der Waals surface area contributed by atoms with Gasteiger partial charge in [0.25, 0.3) is 0 Å². The second-order valence-electron chi connectivity index (χ2n) is 4.16. The Kier molecular flexibility index (Phi) is 4.22. The zero-order chi connectivity index (χ0) is 13.0. The van der Waals surface area contributed by atoms with Crippen LogP contribution in [0.3, 0.4) is 0 Å². The molecule has 0 amide bonds. The molecule has 2 rings (SSSR count). The van der Waals surface area contributed by atoms with E-state index in [0.717, 1.165) is 22.0 Å². The summed E-state index contributed by atoms with van der Waals surface area (Å²) in [5, 5.41) is 11.0. The summed E-state index contributed by atoms with van der Waals surface area (Å²) in [4.78, 5) is 0. The molecular weight excluding hydrogens is 290 g/mol. The molecular formula is C15H14BrNO. The highest BCUT2D eigenvalue weighted by Gasteiger charge is 2.07. The molecule has 1 atom stereocenters. The third-order valence-electron chi connectivity index (χ3n) is 2.85. The summed E-state index contributed by atoms with van der Waals surface area (Å²) in [7, 11) is 0. The van der Waals surface area contributed by atoms with Gasteiger partial charge in [-0.05, 0) is 41.5 Å². The molecule has 0 aliphatic heterocycles. The number of rotatable bonds is 4. The van der Waals surface area contributed by atoms with Crippen molar-refractivity contribution in [1.82, 2.24) is 0 Å². The first-order valence-corrected chi connectivity index (χ1v) is 6.75. The standard InChI is InChI=1S/C15H14BrNO/c1-2-14(7-8-17)18-15-6-4-11-9-13(16)5-3-12(11)10-15/h3-6,9-10,14H,2,7H2,1H3. The van der Waals surface area contributed by atoms with Gasteiger partial charge in [0.15, 0.2) is 0 Å². The van der Waals surface area contributed by atoms with Gasteiger partial charge in [-0.25, -0.2) is 0 Å². The fourth-order valence-corrected chi connectivity index (χ4v) is 2.21. The van der Waals surface area contributed by atoms with E-state index in [0.29, 0.717) is 6.42 Å². The van der Waals surface area contributed by atoms with Gasteiger partial charge in [0.2, 0.25) is 0 Å². The summed E-state index contributed by atoms with van der Waals surface area (Å²) < 4.78 is 6.88. The zero-order valence-corrected chi connectivity index (χ0v) is 11.8. The van der Waals surface area contributed by atoms with E-state index in [1.165, 1.54) is 5.39 Å². The van der Waals surface area contributed by atoms with Crippen molar-refractivity contribution in [3.63, 3.8) is 0 Å². The Balaban J connectivity index is 2.25. The predicted molar refractivity (Wildman–Crippen MR) is 76.6 cm³/mol. The number of fused-ring (bicyclic) bond motifs is 1. The Hall–Kier alpha value is -1.53. The third-order valence-corrected chi connectivity index (χ3v) is 3.34. The number of benzene rings is 2. The minimum atomic E-state index is -0.0251. The van der Waals surface area contributed by atoms with E-state index in [2.05, 4.69) is 34.1 Å². The monoisotopic (exact) mass is 303 g/mol. The van der Waals surface area contributed by atoms with Crippen molar-refractivity contribution in [3.8, 4) is 11.8 Å². The number of hydrogen-bond donors (Lipinski definition) is 0. The van der Waals surface area contributed by atoms with Crippen molar-refractivity contribution in [2.24, 2.45) is 0 Å². The topological polar surface area (TPSA) is 33.0 Å². The largest absolute Gasteiger partial charge is 0.489 e. The van der Waals surface area contributed by atoms with E-state index >= 15 is 0 Å². The van der Waals surface area contributed by atoms with Crippen LogP contribution in [0.1, 0.15) is 19.8 Å². The summed E-state index contributed by atoms with van der Waals surface area (Å²) >= 11 is 3.46. The first kappa shape index (κ1) is 12.9. The molecule has 2 aromatic carbocycles. The SMILES string of the molecule is CCC(CC#N)Oc1ccc2cc(Br)ccc2c1. The number of ether oxygens (including phenoxy) is 1.